The first-order chi connectivity index (χ1) is 24.3. The maximum atomic E-state index is 14.1. The van der Waals surface area contributed by atoms with Gasteiger partial charge in [-0.15, -0.1) is 0 Å². The van der Waals surface area contributed by atoms with Crippen molar-refractivity contribution in [1.29, 1.82) is 0 Å². The Morgan fingerprint density at radius 3 is 2.64 bits per heavy atom. The molecule has 1 unspecified atom stereocenters. The number of rotatable bonds is 13. The number of hydrogen-bond acceptors (Lipinski definition) is 9. The van der Waals surface area contributed by atoms with E-state index in [2.05, 4.69) is 31.9 Å². The topological polar surface area (TPSA) is 156 Å². The van der Waals surface area contributed by atoms with Gasteiger partial charge < -0.3 is 35.9 Å². The van der Waals surface area contributed by atoms with E-state index in [4.69, 9.17) is 4.74 Å². The number of aromatic nitrogens is 1. The minimum absolute atomic E-state index is 0.0466. The van der Waals surface area contributed by atoms with E-state index in [1.807, 2.05) is 30.3 Å². The molecule has 0 saturated carbocycles. The third kappa shape index (κ3) is 6.98. The molecule has 4 aliphatic rings. The van der Waals surface area contributed by atoms with Crippen molar-refractivity contribution in [3.05, 3.63) is 105 Å². The van der Waals surface area contributed by atoms with Gasteiger partial charge in [0, 0.05) is 42.3 Å². The van der Waals surface area contributed by atoms with Crippen LogP contribution in [0.2, 0.25) is 0 Å². The van der Waals surface area contributed by atoms with Gasteiger partial charge in [-0.25, -0.2) is 4.79 Å². The van der Waals surface area contributed by atoms with Crippen LogP contribution in [0.1, 0.15) is 65.3 Å². The number of carbonyl (C=O) groups is 2. The third-order valence-corrected chi connectivity index (χ3v) is 10.6. The normalized spacial score (nSPS) is 22.9. The molecule has 262 valence electrons. The van der Waals surface area contributed by atoms with Crippen LogP contribution in [-0.2, 0) is 21.5 Å². The molecule has 6 N–H and O–H groups in total. The van der Waals surface area contributed by atoms with Crippen molar-refractivity contribution in [1.82, 2.24) is 20.5 Å². The smallest absolute Gasteiger partial charge is 0.336 e. The standard InChI is InChI=1S/C39H45N5O6/c45-32-12-10-29(30-11-13-35(47)42-36(30)32)33(46)23-40-18-3-4-19-41-37(48)27-7-5-8-28(22-27)43-39(17-14-25-6-1-2-9-31(25)39)38(49)50-34-24-44-20-15-26(34)16-21-44/h1-2,5-13,22,26,33-34,40,43,45-46H,3-4,14-21,23-24H2,(H,41,48)(H,42,47)/t33-,34-,39?/m0/s1. The highest BCUT2D eigenvalue weighted by Gasteiger charge is 2.49. The number of phenols is 1. The van der Waals surface area contributed by atoms with Gasteiger partial charge in [0.1, 0.15) is 11.9 Å². The second kappa shape index (κ2) is 14.6. The molecule has 11 nitrogen and oxygen atoms in total. The molecule has 0 spiro atoms. The van der Waals surface area contributed by atoms with Gasteiger partial charge in [-0.1, -0.05) is 36.4 Å². The molecule has 1 aliphatic carbocycles. The summed E-state index contributed by atoms with van der Waals surface area (Å²) in [6, 6.07) is 21.4. The number of aryl methyl sites for hydroxylation is 1. The van der Waals surface area contributed by atoms with Crippen LogP contribution >= 0.6 is 0 Å². The van der Waals surface area contributed by atoms with Crippen LogP contribution in [-0.4, -0.2) is 77.3 Å². The molecule has 3 atom stereocenters. The number of H-pyrrole nitrogens is 1. The van der Waals surface area contributed by atoms with Gasteiger partial charge >= 0.3 is 5.97 Å². The van der Waals surface area contributed by atoms with Crippen molar-refractivity contribution in [2.75, 3.05) is 44.6 Å². The van der Waals surface area contributed by atoms with E-state index in [0.717, 1.165) is 62.9 Å². The van der Waals surface area contributed by atoms with Crippen LogP contribution < -0.4 is 21.5 Å². The number of unbranched alkanes of at least 4 members (excludes halogenated alkanes) is 1. The first kappa shape index (κ1) is 33.8. The zero-order valence-electron chi connectivity index (χ0n) is 28.1. The predicted molar refractivity (Wildman–Crippen MR) is 191 cm³/mol. The van der Waals surface area contributed by atoms with E-state index in [9.17, 15) is 24.6 Å². The number of aliphatic hydroxyl groups is 1. The number of ether oxygens (including phenoxy) is 1. The zero-order chi connectivity index (χ0) is 34.7. The molecule has 50 heavy (non-hydrogen) atoms. The molecule has 4 heterocycles. The van der Waals surface area contributed by atoms with Crippen LogP contribution in [0.5, 0.6) is 5.75 Å². The van der Waals surface area contributed by atoms with E-state index < -0.39 is 11.6 Å². The maximum absolute atomic E-state index is 14.1. The molecule has 3 aromatic carbocycles. The van der Waals surface area contributed by atoms with Gasteiger partial charge in [-0.05, 0) is 111 Å². The fourth-order valence-electron chi connectivity index (χ4n) is 7.85. The molecule has 1 amide bonds. The lowest BCUT2D eigenvalue weighted by Crippen LogP contribution is -2.54. The van der Waals surface area contributed by atoms with Gasteiger partial charge in [-0.2, -0.15) is 0 Å². The van der Waals surface area contributed by atoms with Crippen molar-refractivity contribution < 1.29 is 24.5 Å². The summed E-state index contributed by atoms with van der Waals surface area (Å²) in [5, 5.41) is 31.2. The summed E-state index contributed by atoms with van der Waals surface area (Å²) in [6.07, 6.45) is 4.07. The van der Waals surface area contributed by atoms with Crippen molar-refractivity contribution in [2.24, 2.45) is 5.92 Å². The SMILES string of the molecule is O=C(NCCCCNC[C@H](O)c1ccc(O)c2[nH]c(=O)ccc12)c1cccc(NC2(C(=O)O[C@H]3CN4CCC3CC4)CCc3ccccc32)c1. The van der Waals surface area contributed by atoms with Gasteiger partial charge in [0.2, 0.25) is 5.56 Å². The molecule has 8 rings (SSSR count). The largest absolute Gasteiger partial charge is 0.506 e. The number of pyridine rings is 1. The lowest BCUT2D eigenvalue weighted by atomic mass is 9.85. The molecular weight excluding hydrogens is 634 g/mol. The zero-order valence-corrected chi connectivity index (χ0v) is 28.1. The van der Waals surface area contributed by atoms with Crippen molar-refractivity contribution in [3.63, 3.8) is 0 Å². The predicted octanol–water partition coefficient (Wildman–Crippen LogP) is 3.96. The van der Waals surface area contributed by atoms with E-state index in [0.29, 0.717) is 59.7 Å². The molecular formula is C39H45N5O6. The monoisotopic (exact) mass is 679 g/mol. The fourth-order valence-corrected chi connectivity index (χ4v) is 7.85. The number of nitrogens with zero attached hydrogens (tertiary/aromatic N) is 1. The number of amides is 1. The number of benzene rings is 3. The van der Waals surface area contributed by atoms with Crippen LogP contribution in [0.25, 0.3) is 10.9 Å². The number of piperidine rings is 3. The molecule has 2 bridgehead atoms. The number of phenolic OH excluding ortho intramolecular Hbond substituents is 1. The van der Waals surface area contributed by atoms with Crippen LogP contribution in [0.3, 0.4) is 0 Å². The number of fused-ring (bicyclic) bond motifs is 5. The first-order valence-corrected chi connectivity index (χ1v) is 17.7. The van der Waals surface area contributed by atoms with E-state index >= 15 is 0 Å². The average molecular weight is 680 g/mol. The van der Waals surface area contributed by atoms with Crippen LogP contribution in [0.4, 0.5) is 5.69 Å². The summed E-state index contributed by atoms with van der Waals surface area (Å²) in [5.41, 5.74) is 2.84. The number of aliphatic hydroxyl groups excluding tert-OH is 1. The summed E-state index contributed by atoms with van der Waals surface area (Å²) >= 11 is 0. The Morgan fingerprint density at radius 1 is 1.00 bits per heavy atom. The van der Waals surface area contributed by atoms with Gasteiger partial charge in [0.25, 0.3) is 5.91 Å². The number of esters is 1. The van der Waals surface area contributed by atoms with Gasteiger partial charge in [0.15, 0.2) is 5.54 Å². The van der Waals surface area contributed by atoms with Gasteiger partial charge in [-0.3, -0.25) is 14.5 Å². The summed E-state index contributed by atoms with van der Waals surface area (Å²) in [5.74, 6) is -0.0723. The molecule has 11 heteroatoms. The molecule has 3 aliphatic heterocycles. The third-order valence-electron chi connectivity index (χ3n) is 10.6. The minimum atomic E-state index is -1.02. The number of anilines is 1. The minimum Gasteiger partial charge on any atom is -0.506 e. The number of aromatic amines is 1. The second-order valence-corrected chi connectivity index (χ2v) is 13.8. The Hall–Kier alpha value is -4.71. The van der Waals surface area contributed by atoms with Crippen LogP contribution in [0.15, 0.2) is 77.6 Å². The Bertz CT molecular complexity index is 1920. The highest BCUT2D eigenvalue weighted by Crippen LogP contribution is 2.42. The Morgan fingerprint density at radius 2 is 1.82 bits per heavy atom. The number of nitrogens with one attached hydrogen (secondary N) is 4. The highest BCUT2D eigenvalue weighted by atomic mass is 16.5. The van der Waals surface area contributed by atoms with Crippen molar-refractivity contribution in [3.8, 4) is 5.75 Å². The number of aromatic hydroxyl groups is 1. The summed E-state index contributed by atoms with van der Waals surface area (Å²) in [7, 11) is 0. The first-order valence-electron chi connectivity index (χ1n) is 17.7. The quantitative estimate of drug-likeness (QED) is 0.0910. The average Bonchev–Trinajstić information content (AvgIpc) is 3.51. The Balaban J connectivity index is 0.915. The van der Waals surface area contributed by atoms with Gasteiger partial charge in [0.05, 0.1) is 11.6 Å². The van der Waals surface area contributed by atoms with Crippen molar-refractivity contribution >= 4 is 28.5 Å². The fraction of sp³-hybridized carbons (Fsp3) is 0.410. The van der Waals surface area contributed by atoms with E-state index in [1.54, 1.807) is 24.3 Å². The summed E-state index contributed by atoms with van der Waals surface area (Å²) in [6.45, 7) is 4.37. The van der Waals surface area contributed by atoms with Crippen LogP contribution in [0, 0.1) is 5.92 Å². The molecule has 3 saturated heterocycles. The lowest BCUT2D eigenvalue weighted by molar-refractivity contribution is -0.164. The number of hydrogen-bond donors (Lipinski definition) is 6. The molecule has 0 radical (unpaired) electrons. The summed E-state index contributed by atoms with van der Waals surface area (Å²) < 4.78 is 6.31. The maximum Gasteiger partial charge on any atom is 0.336 e. The number of carbonyl (C=O) groups excluding carboxylic acids is 2. The molecule has 3 fully saturated rings. The second-order valence-electron chi connectivity index (χ2n) is 13.8. The van der Waals surface area contributed by atoms with E-state index in [1.165, 1.54) is 12.1 Å². The molecule has 1 aromatic heterocycles. The lowest BCUT2D eigenvalue weighted by Gasteiger charge is -2.45. The van der Waals surface area contributed by atoms with Crippen molar-refractivity contribution in [2.45, 2.75) is 56.3 Å². The highest BCUT2D eigenvalue weighted by molar-refractivity contribution is 5.95. The van der Waals surface area contributed by atoms with E-state index in [-0.39, 0.29) is 29.3 Å². The summed E-state index contributed by atoms with van der Waals surface area (Å²) in [4.78, 5) is 43.9. The molecule has 4 aromatic rings. The Kier molecular flexibility index (Phi) is 9.89. The Labute approximate surface area is 291 Å².